The smallest absolute Gasteiger partial charge is 0.323 e. The zero-order chi connectivity index (χ0) is 22.9. The van der Waals surface area contributed by atoms with Gasteiger partial charge in [0.05, 0.1) is 24.8 Å². The molecule has 0 fully saturated rings. The van der Waals surface area contributed by atoms with Gasteiger partial charge in [0, 0.05) is 37.1 Å². The molecule has 0 spiro atoms. The number of nitrogens with one attached hydrogen (secondary N) is 2. The summed E-state index contributed by atoms with van der Waals surface area (Å²) in [6, 6.07) is 13.3. The van der Waals surface area contributed by atoms with E-state index < -0.39 is 11.9 Å². The Labute approximate surface area is 190 Å². The SMILES string of the molecule is COC(=O)C(Cc1ccccn1)NCc1ccc(C(=O)Nc2cc(OC)ccn2)c(Cl)c1. The molecule has 2 aromatic heterocycles. The monoisotopic (exact) mass is 454 g/mol. The first-order valence-corrected chi connectivity index (χ1v) is 10.2. The molecule has 0 aliphatic rings. The Morgan fingerprint density at radius 2 is 1.91 bits per heavy atom. The van der Waals surface area contributed by atoms with Gasteiger partial charge in [-0.1, -0.05) is 23.7 Å². The topological polar surface area (TPSA) is 102 Å². The van der Waals surface area contributed by atoms with E-state index in [0.29, 0.717) is 30.1 Å². The van der Waals surface area contributed by atoms with Gasteiger partial charge in [-0.3, -0.25) is 19.9 Å². The number of carbonyl (C=O) groups excluding carboxylic acids is 2. The van der Waals surface area contributed by atoms with E-state index in [1.54, 1.807) is 36.5 Å². The van der Waals surface area contributed by atoms with Crippen LogP contribution in [0.5, 0.6) is 5.75 Å². The lowest BCUT2D eigenvalue weighted by Gasteiger charge is -2.16. The van der Waals surface area contributed by atoms with Gasteiger partial charge in [0.15, 0.2) is 0 Å². The lowest BCUT2D eigenvalue weighted by Crippen LogP contribution is -2.39. The van der Waals surface area contributed by atoms with Crippen LogP contribution in [-0.4, -0.2) is 42.1 Å². The molecule has 0 radical (unpaired) electrons. The Morgan fingerprint density at radius 3 is 2.59 bits per heavy atom. The number of anilines is 1. The molecular formula is C23H23ClN4O4. The quantitative estimate of drug-likeness (QED) is 0.478. The number of amides is 1. The minimum Gasteiger partial charge on any atom is -0.497 e. The van der Waals surface area contributed by atoms with Crippen molar-refractivity contribution in [3.8, 4) is 5.75 Å². The van der Waals surface area contributed by atoms with Gasteiger partial charge in [-0.15, -0.1) is 0 Å². The zero-order valence-corrected chi connectivity index (χ0v) is 18.4. The second-order valence-electron chi connectivity index (χ2n) is 6.83. The van der Waals surface area contributed by atoms with Gasteiger partial charge >= 0.3 is 5.97 Å². The molecule has 3 rings (SSSR count). The second-order valence-corrected chi connectivity index (χ2v) is 7.24. The molecule has 0 saturated heterocycles. The third-order valence-corrected chi connectivity index (χ3v) is 4.98. The Morgan fingerprint density at radius 1 is 1.06 bits per heavy atom. The lowest BCUT2D eigenvalue weighted by atomic mass is 10.1. The van der Waals surface area contributed by atoms with Gasteiger partial charge in [0.2, 0.25) is 0 Å². The number of methoxy groups -OCH3 is 2. The minimum absolute atomic E-state index is 0.282. The van der Waals surface area contributed by atoms with Crippen LogP contribution in [0.2, 0.25) is 5.02 Å². The van der Waals surface area contributed by atoms with E-state index in [2.05, 4.69) is 20.6 Å². The maximum absolute atomic E-state index is 12.6. The largest absolute Gasteiger partial charge is 0.497 e. The molecule has 32 heavy (non-hydrogen) atoms. The standard InChI is InChI=1S/C23H23ClN4O4/c1-31-17-8-10-26-21(13-17)28-22(29)18-7-6-15(11-19(18)24)14-27-20(23(30)32-2)12-16-5-3-4-9-25-16/h3-11,13,20,27H,12,14H2,1-2H3,(H,26,28,29). The molecule has 9 heteroatoms. The molecule has 0 bridgehead atoms. The summed E-state index contributed by atoms with van der Waals surface area (Å²) >= 11 is 6.35. The molecular weight excluding hydrogens is 432 g/mol. The first-order chi connectivity index (χ1) is 15.5. The molecule has 2 N–H and O–H groups in total. The zero-order valence-electron chi connectivity index (χ0n) is 17.7. The number of aromatic nitrogens is 2. The van der Waals surface area contributed by atoms with Crippen molar-refractivity contribution in [2.24, 2.45) is 0 Å². The Hall–Kier alpha value is -3.49. The third-order valence-electron chi connectivity index (χ3n) is 4.66. The van der Waals surface area contributed by atoms with Crippen molar-refractivity contribution in [2.75, 3.05) is 19.5 Å². The fourth-order valence-electron chi connectivity index (χ4n) is 2.99. The van der Waals surface area contributed by atoms with E-state index in [9.17, 15) is 9.59 Å². The summed E-state index contributed by atoms with van der Waals surface area (Å²) in [5.41, 5.74) is 1.88. The number of nitrogens with zero attached hydrogens (tertiary/aromatic N) is 2. The molecule has 0 aliphatic carbocycles. The Bertz CT molecular complexity index is 1080. The van der Waals surface area contributed by atoms with Crippen LogP contribution >= 0.6 is 11.6 Å². The van der Waals surface area contributed by atoms with Crippen molar-refractivity contribution < 1.29 is 19.1 Å². The van der Waals surface area contributed by atoms with E-state index in [4.69, 9.17) is 21.1 Å². The molecule has 1 unspecified atom stereocenters. The minimum atomic E-state index is -0.573. The number of hydrogen-bond donors (Lipinski definition) is 2. The van der Waals surface area contributed by atoms with Crippen LogP contribution in [0.1, 0.15) is 21.6 Å². The average molecular weight is 455 g/mol. The van der Waals surface area contributed by atoms with Gasteiger partial charge in [-0.2, -0.15) is 0 Å². The number of rotatable bonds is 9. The van der Waals surface area contributed by atoms with E-state index in [0.717, 1.165) is 11.3 Å². The Balaban J connectivity index is 1.65. The second kappa shape index (κ2) is 11.2. The number of benzene rings is 1. The van der Waals surface area contributed by atoms with Crippen molar-refractivity contribution in [1.29, 1.82) is 0 Å². The molecule has 0 aliphatic heterocycles. The van der Waals surface area contributed by atoms with E-state index >= 15 is 0 Å². The van der Waals surface area contributed by atoms with Crippen molar-refractivity contribution in [1.82, 2.24) is 15.3 Å². The molecule has 0 saturated carbocycles. The van der Waals surface area contributed by atoms with Gasteiger partial charge in [-0.05, 0) is 35.9 Å². The molecule has 2 heterocycles. The van der Waals surface area contributed by atoms with Crippen LogP contribution in [0, 0.1) is 0 Å². The maximum atomic E-state index is 12.6. The predicted molar refractivity (Wildman–Crippen MR) is 121 cm³/mol. The highest BCUT2D eigenvalue weighted by atomic mass is 35.5. The van der Waals surface area contributed by atoms with E-state index in [-0.39, 0.29) is 11.0 Å². The highest BCUT2D eigenvalue weighted by molar-refractivity contribution is 6.34. The normalized spacial score (nSPS) is 11.5. The van der Waals surface area contributed by atoms with Crippen LogP contribution < -0.4 is 15.4 Å². The predicted octanol–water partition coefficient (Wildman–Crippen LogP) is 3.26. The number of halogens is 1. The number of esters is 1. The van der Waals surface area contributed by atoms with Crippen LogP contribution in [0.4, 0.5) is 5.82 Å². The maximum Gasteiger partial charge on any atom is 0.323 e. The number of carbonyl (C=O) groups is 2. The average Bonchev–Trinajstić information content (AvgIpc) is 2.82. The summed E-state index contributed by atoms with van der Waals surface area (Å²) < 4.78 is 10.0. The summed E-state index contributed by atoms with van der Waals surface area (Å²) in [7, 11) is 2.88. The molecule has 1 atom stereocenters. The molecule has 1 amide bonds. The first kappa shape index (κ1) is 23.2. The molecule has 1 aromatic carbocycles. The van der Waals surface area contributed by atoms with Crippen molar-refractivity contribution in [3.63, 3.8) is 0 Å². The van der Waals surface area contributed by atoms with Gasteiger partial charge in [-0.25, -0.2) is 4.98 Å². The number of pyridine rings is 2. The highest BCUT2D eigenvalue weighted by Gasteiger charge is 2.20. The summed E-state index contributed by atoms with van der Waals surface area (Å²) in [6.45, 7) is 0.353. The van der Waals surface area contributed by atoms with Crippen molar-refractivity contribution in [2.45, 2.75) is 19.0 Å². The van der Waals surface area contributed by atoms with Crippen LogP contribution in [0.25, 0.3) is 0 Å². The third kappa shape index (κ3) is 6.26. The lowest BCUT2D eigenvalue weighted by molar-refractivity contribution is -0.143. The van der Waals surface area contributed by atoms with E-state index in [1.807, 2.05) is 18.2 Å². The highest BCUT2D eigenvalue weighted by Crippen LogP contribution is 2.21. The van der Waals surface area contributed by atoms with E-state index in [1.165, 1.54) is 20.4 Å². The van der Waals surface area contributed by atoms with Crippen molar-refractivity contribution >= 4 is 29.3 Å². The fourth-order valence-corrected chi connectivity index (χ4v) is 3.28. The summed E-state index contributed by atoms with van der Waals surface area (Å²) in [6.07, 6.45) is 3.59. The Kier molecular flexibility index (Phi) is 8.13. The van der Waals surface area contributed by atoms with Gasteiger partial charge in [0.25, 0.3) is 5.91 Å². The summed E-state index contributed by atoms with van der Waals surface area (Å²) in [5.74, 6) is 0.154. The number of hydrogen-bond acceptors (Lipinski definition) is 7. The fraction of sp³-hybridized carbons (Fsp3) is 0.217. The molecule has 3 aromatic rings. The van der Waals surface area contributed by atoms with Crippen LogP contribution in [0.15, 0.2) is 60.9 Å². The summed E-state index contributed by atoms with van der Waals surface area (Å²) in [4.78, 5) is 33.1. The number of ether oxygens (including phenoxy) is 2. The van der Waals surface area contributed by atoms with Gasteiger partial charge < -0.3 is 14.8 Å². The van der Waals surface area contributed by atoms with Crippen LogP contribution in [0.3, 0.4) is 0 Å². The first-order valence-electron chi connectivity index (χ1n) is 9.81. The molecule has 166 valence electrons. The summed E-state index contributed by atoms with van der Waals surface area (Å²) in [5, 5.41) is 6.14. The van der Waals surface area contributed by atoms with Crippen LogP contribution in [-0.2, 0) is 22.5 Å². The van der Waals surface area contributed by atoms with Gasteiger partial charge in [0.1, 0.15) is 17.6 Å². The van der Waals surface area contributed by atoms with Crippen molar-refractivity contribution in [3.05, 3.63) is 82.8 Å². The molecule has 8 nitrogen and oxygen atoms in total.